The smallest absolute Gasteiger partial charge is 0.351 e. The van der Waals surface area contributed by atoms with Crippen LogP contribution in [0.15, 0.2) is 36.4 Å². The van der Waals surface area contributed by atoms with E-state index in [-0.39, 0.29) is 23.3 Å². The van der Waals surface area contributed by atoms with Gasteiger partial charge in [-0.25, -0.2) is 4.39 Å². The highest BCUT2D eigenvalue weighted by molar-refractivity contribution is 6.15. The average Bonchev–Trinajstić information content (AvgIpc) is 2.78. The minimum absolute atomic E-state index is 0.0490. The van der Waals surface area contributed by atoms with Crippen molar-refractivity contribution in [1.82, 2.24) is 4.90 Å². The Bertz CT molecular complexity index is 1190. The molecular formula is C25H26F7N3O2. The quantitative estimate of drug-likeness (QED) is 0.442. The molecular weight excluding hydrogens is 507 g/mol. The number of anilines is 2. The van der Waals surface area contributed by atoms with Gasteiger partial charge in [0.15, 0.2) is 0 Å². The maximum Gasteiger partial charge on any atom is 0.435 e. The predicted molar refractivity (Wildman–Crippen MR) is 124 cm³/mol. The Morgan fingerprint density at radius 1 is 1.00 bits per heavy atom. The van der Waals surface area contributed by atoms with E-state index in [0.717, 1.165) is 19.1 Å². The Kier molecular flexibility index (Phi) is 7.28. The lowest BCUT2D eigenvalue weighted by atomic mass is 9.89. The van der Waals surface area contributed by atoms with Gasteiger partial charge in [0, 0.05) is 23.8 Å². The molecule has 0 spiro atoms. The third-order valence-electron chi connectivity index (χ3n) is 6.53. The van der Waals surface area contributed by atoms with Gasteiger partial charge in [-0.1, -0.05) is 18.2 Å². The van der Waals surface area contributed by atoms with Crippen LogP contribution in [0.3, 0.4) is 0 Å². The number of halogens is 7. The summed E-state index contributed by atoms with van der Waals surface area (Å²) in [5.41, 5.74) is -8.16. The molecule has 2 amide bonds. The molecule has 2 aromatic carbocycles. The lowest BCUT2D eigenvalue weighted by Gasteiger charge is -2.46. The Balaban J connectivity index is 2.11. The molecule has 0 bridgehead atoms. The molecule has 1 aliphatic rings. The van der Waals surface area contributed by atoms with Crippen LogP contribution in [0.1, 0.15) is 59.5 Å². The molecule has 37 heavy (non-hydrogen) atoms. The highest BCUT2D eigenvalue weighted by Crippen LogP contribution is 2.54. The van der Waals surface area contributed by atoms with Gasteiger partial charge in [0.2, 0.25) is 0 Å². The van der Waals surface area contributed by atoms with Crippen molar-refractivity contribution in [2.75, 3.05) is 16.8 Å². The summed E-state index contributed by atoms with van der Waals surface area (Å²) >= 11 is 0. The van der Waals surface area contributed by atoms with Crippen LogP contribution in [-0.4, -0.2) is 47.8 Å². The van der Waals surface area contributed by atoms with Crippen molar-refractivity contribution in [1.29, 1.82) is 0 Å². The van der Waals surface area contributed by atoms with E-state index in [1.165, 1.54) is 12.1 Å². The minimum Gasteiger partial charge on any atom is -0.351 e. The minimum atomic E-state index is -6.30. The molecule has 1 N–H and O–H groups in total. The molecule has 0 aromatic heterocycles. The van der Waals surface area contributed by atoms with Gasteiger partial charge in [-0.15, -0.1) is 0 Å². The summed E-state index contributed by atoms with van der Waals surface area (Å²) < 4.78 is 94.7. The molecule has 0 saturated carbocycles. The van der Waals surface area contributed by atoms with Crippen molar-refractivity contribution in [3.05, 3.63) is 58.7 Å². The maximum atomic E-state index is 14.7. The van der Waals surface area contributed by atoms with Crippen molar-refractivity contribution >= 4 is 23.2 Å². The third-order valence-corrected chi connectivity index (χ3v) is 6.53. The zero-order valence-electron chi connectivity index (χ0n) is 20.7. The number of benzene rings is 2. The van der Waals surface area contributed by atoms with Crippen LogP contribution in [-0.2, 0) is 5.67 Å². The molecule has 5 nitrogen and oxygen atoms in total. The van der Waals surface area contributed by atoms with Crippen molar-refractivity contribution in [2.45, 2.75) is 64.8 Å². The Labute approximate surface area is 209 Å². The number of nitrogens with one attached hydrogen (secondary N) is 1. The third kappa shape index (κ3) is 4.50. The Morgan fingerprint density at radius 2 is 1.57 bits per heavy atom. The number of carbonyl (C=O) groups is 2. The topological polar surface area (TPSA) is 52.7 Å². The van der Waals surface area contributed by atoms with Gasteiger partial charge < -0.3 is 15.1 Å². The average molecular weight is 533 g/mol. The summed E-state index contributed by atoms with van der Waals surface area (Å²) in [5.74, 6) is -1.39. The second-order valence-electron chi connectivity index (χ2n) is 9.01. The molecule has 2 aromatic rings. The molecule has 0 fully saturated rings. The fourth-order valence-corrected chi connectivity index (χ4v) is 4.74. The first-order chi connectivity index (χ1) is 17.0. The molecule has 3 rings (SSSR count). The fourth-order valence-electron chi connectivity index (χ4n) is 4.74. The van der Waals surface area contributed by atoms with Gasteiger partial charge in [0.25, 0.3) is 11.8 Å². The van der Waals surface area contributed by atoms with E-state index in [0.29, 0.717) is 18.3 Å². The van der Waals surface area contributed by atoms with Crippen LogP contribution in [0.25, 0.3) is 0 Å². The Hall–Kier alpha value is -3.31. The zero-order valence-corrected chi connectivity index (χ0v) is 20.7. The van der Waals surface area contributed by atoms with E-state index in [1.807, 2.05) is 18.7 Å². The highest BCUT2D eigenvalue weighted by Gasteiger charge is 2.74. The van der Waals surface area contributed by atoms with E-state index in [9.17, 15) is 40.3 Å². The summed E-state index contributed by atoms with van der Waals surface area (Å²) in [7, 11) is 0. The summed E-state index contributed by atoms with van der Waals surface area (Å²) in [5, 5.41) is 2.27. The van der Waals surface area contributed by atoms with E-state index >= 15 is 0 Å². The number of alkyl halides is 7. The van der Waals surface area contributed by atoms with Crippen LogP contribution in [0.2, 0.25) is 0 Å². The van der Waals surface area contributed by atoms with Crippen LogP contribution in [0.5, 0.6) is 0 Å². The molecule has 0 radical (unpaired) electrons. The number of amides is 2. The van der Waals surface area contributed by atoms with E-state index < -0.39 is 46.7 Å². The molecule has 0 saturated heterocycles. The normalized spacial score (nSPS) is 16.8. The van der Waals surface area contributed by atoms with Gasteiger partial charge in [-0.3, -0.25) is 9.59 Å². The molecule has 1 aliphatic heterocycles. The van der Waals surface area contributed by atoms with E-state index in [4.69, 9.17) is 0 Å². The van der Waals surface area contributed by atoms with Crippen molar-refractivity contribution in [3.8, 4) is 0 Å². The summed E-state index contributed by atoms with van der Waals surface area (Å²) in [4.78, 5) is 30.1. The standard InChI is InChI=1S/C25H26F7N3O2/c1-6-34-15(5)35(13(2)3)22(37)20-16(9-7-12-19(20)34)21(36)33-18-11-8-10-17(14(18)4)23(26,24(27,28)29)25(30,31)32/h7-13,15H,6H2,1-5H3,(H,33,36). The number of hydrogen-bond acceptors (Lipinski definition) is 3. The number of fused-ring (bicyclic) bond motifs is 1. The van der Waals surface area contributed by atoms with Crippen molar-refractivity contribution < 1.29 is 40.3 Å². The summed E-state index contributed by atoms with van der Waals surface area (Å²) in [6.07, 6.45) is -12.9. The Morgan fingerprint density at radius 3 is 2.08 bits per heavy atom. The van der Waals surface area contributed by atoms with Crippen molar-refractivity contribution in [3.63, 3.8) is 0 Å². The summed E-state index contributed by atoms with van der Waals surface area (Å²) in [6, 6.07) is 6.49. The number of carbonyl (C=O) groups excluding carboxylic acids is 2. The van der Waals surface area contributed by atoms with Crippen LogP contribution in [0, 0.1) is 6.92 Å². The van der Waals surface area contributed by atoms with Crippen LogP contribution < -0.4 is 10.2 Å². The van der Waals surface area contributed by atoms with E-state index in [2.05, 4.69) is 5.32 Å². The largest absolute Gasteiger partial charge is 0.435 e. The number of hydrogen-bond donors (Lipinski definition) is 1. The van der Waals surface area contributed by atoms with Gasteiger partial charge in [0.05, 0.1) is 16.8 Å². The zero-order chi connectivity index (χ0) is 28.1. The molecule has 202 valence electrons. The second kappa shape index (κ2) is 9.53. The number of rotatable bonds is 5. The van der Waals surface area contributed by atoms with Crippen molar-refractivity contribution in [2.24, 2.45) is 0 Å². The first-order valence-electron chi connectivity index (χ1n) is 11.4. The molecule has 1 atom stereocenters. The summed E-state index contributed by atoms with van der Waals surface area (Å²) in [6.45, 7) is 8.63. The first kappa shape index (κ1) is 28.3. The first-order valence-corrected chi connectivity index (χ1v) is 11.4. The SMILES string of the molecule is CCN1c2cccc(C(=O)Nc3cccc(C(F)(C(F)(F)F)C(F)(F)F)c3C)c2C(=O)N(C(C)C)C1C. The van der Waals surface area contributed by atoms with Gasteiger partial charge >= 0.3 is 18.0 Å². The van der Waals surface area contributed by atoms with Gasteiger partial charge in [0.1, 0.15) is 6.17 Å². The molecule has 1 unspecified atom stereocenters. The predicted octanol–water partition coefficient (Wildman–Crippen LogP) is 6.57. The molecule has 0 aliphatic carbocycles. The highest BCUT2D eigenvalue weighted by atomic mass is 19.4. The molecule has 12 heteroatoms. The van der Waals surface area contributed by atoms with Gasteiger partial charge in [-0.05, 0) is 58.4 Å². The fraction of sp³-hybridized carbons (Fsp3) is 0.440. The number of nitrogens with zero attached hydrogens (tertiary/aromatic N) is 2. The van der Waals surface area contributed by atoms with Crippen LogP contribution in [0.4, 0.5) is 42.1 Å². The van der Waals surface area contributed by atoms with Crippen LogP contribution >= 0.6 is 0 Å². The maximum absolute atomic E-state index is 14.7. The lowest BCUT2D eigenvalue weighted by molar-refractivity contribution is -0.348. The van der Waals surface area contributed by atoms with Gasteiger partial charge in [-0.2, -0.15) is 26.3 Å². The van der Waals surface area contributed by atoms with E-state index in [1.54, 1.807) is 24.8 Å². The second-order valence-corrected chi connectivity index (χ2v) is 9.01. The molecule has 1 heterocycles. The monoisotopic (exact) mass is 533 g/mol. The lowest BCUT2D eigenvalue weighted by Crippen LogP contribution is -2.56.